The topological polar surface area (TPSA) is 71.2 Å². The van der Waals surface area contributed by atoms with Gasteiger partial charge in [0.2, 0.25) is 0 Å². The highest BCUT2D eigenvalue weighted by molar-refractivity contribution is 5.43. The predicted octanol–water partition coefficient (Wildman–Crippen LogP) is 2.46. The van der Waals surface area contributed by atoms with E-state index in [2.05, 4.69) is 10.3 Å². The highest BCUT2D eigenvalue weighted by Gasteiger charge is 2.13. The van der Waals surface area contributed by atoms with Crippen molar-refractivity contribution in [3.8, 4) is 0 Å². The van der Waals surface area contributed by atoms with Crippen LogP contribution in [0.3, 0.4) is 0 Å². The molecule has 0 saturated heterocycles. The molecule has 0 amide bonds. The van der Waals surface area contributed by atoms with Crippen LogP contribution >= 0.6 is 0 Å². The lowest BCUT2D eigenvalue weighted by molar-refractivity contribution is 0.170. The molecule has 1 aromatic heterocycles. The Bertz CT molecular complexity index is 377. The Balaban J connectivity index is 1.87. The van der Waals surface area contributed by atoms with E-state index in [1.807, 2.05) is 12.3 Å². The number of nitrogens with one attached hydrogen (secondary N) is 1. The zero-order chi connectivity index (χ0) is 13.5. The number of nitrogens with two attached hydrogens (primary N) is 1. The van der Waals surface area contributed by atoms with E-state index in [0.717, 1.165) is 23.7 Å². The molecule has 4 N–H and O–H groups in total. The fourth-order valence-corrected chi connectivity index (χ4v) is 2.71. The Morgan fingerprint density at radius 1 is 1.32 bits per heavy atom. The molecular formula is C15H25N3O. The van der Waals surface area contributed by atoms with Crippen LogP contribution in [0.2, 0.25) is 0 Å². The molecule has 1 aliphatic rings. The fraction of sp³-hybridized carbons (Fsp3) is 0.667. The predicted molar refractivity (Wildman–Crippen MR) is 77.9 cm³/mol. The van der Waals surface area contributed by atoms with Gasteiger partial charge >= 0.3 is 0 Å². The second kappa shape index (κ2) is 7.46. The third-order valence-corrected chi connectivity index (χ3v) is 3.90. The van der Waals surface area contributed by atoms with Gasteiger partial charge in [0.15, 0.2) is 0 Å². The van der Waals surface area contributed by atoms with Crippen LogP contribution in [0.4, 0.5) is 5.69 Å². The SMILES string of the molecule is NCCC(O)c1cncc(NCC2CCCCC2)c1. The van der Waals surface area contributed by atoms with Crippen LogP contribution in [0.1, 0.15) is 50.2 Å². The highest BCUT2D eigenvalue weighted by atomic mass is 16.3. The molecule has 19 heavy (non-hydrogen) atoms. The highest BCUT2D eigenvalue weighted by Crippen LogP contribution is 2.24. The summed E-state index contributed by atoms with van der Waals surface area (Å²) in [5.74, 6) is 0.784. The van der Waals surface area contributed by atoms with E-state index in [1.54, 1.807) is 6.20 Å². The summed E-state index contributed by atoms with van der Waals surface area (Å²) >= 11 is 0. The van der Waals surface area contributed by atoms with Gasteiger partial charge in [-0.2, -0.15) is 0 Å². The molecule has 0 aliphatic heterocycles. The molecule has 0 radical (unpaired) electrons. The lowest BCUT2D eigenvalue weighted by atomic mass is 9.89. The van der Waals surface area contributed by atoms with Crippen molar-refractivity contribution in [1.29, 1.82) is 0 Å². The first-order chi connectivity index (χ1) is 9.29. The van der Waals surface area contributed by atoms with Crippen LogP contribution in [-0.2, 0) is 0 Å². The average molecular weight is 263 g/mol. The number of rotatable bonds is 6. The van der Waals surface area contributed by atoms with Crippen molar-refractivity contribution in [3.05, 3.63) is 24.0 Å². The zero-order valence-electron chi connectivity index (χ0n) is 11.5. The van der Waals surface area contributed by atoms with Crippen molar-refractivity contribution in [2.75, 3.05) is 18.4 Å². The summed E-state index contributed by atoms with van der Waals surface area (Å²) in [6.45, 7) is 1.50. The van der Waals surface area contributed by atoms with Crippen LogP contribution in [0.15, 0.2) is 18.5 Å². The molecule has 106 valence electrons. The van der Waals surface area contributed by atoms with Gasteiger partial charge in [-0.1, -0.05) is 19.3 Å². The number of anilines is 1. The molecule has 1 aliphatic carbocycles. The smallest absolute Gasteiger partial charge is 0.0817 e. The van der Waals surface area contributed by atoms with Crippen molar-refractivity contribution in [2.24, 2.45) is 11.7 Å². The third kappa shape index (κ3) is 4.48. The number of aliphatic hydroxyl groups is 1. The maximum Gasteiger partial charge on any atom is 0.0817 e. The van der Waals surface area contributed by atoms with Crippen molar-refractivity contribution in [3.63, 3.8) is 0 Å². The van der Waals surface area contributed by atoms with Gasteiger partial charge < -0.3 is 16.2 Å². The molecule has 1 heterocycles. The van der Waals surface area contributed by atoms with Crippen LogP contribution in [0.5, 0.6) is 0 Å². The summed E-state index contributed by atoms with van der Waals surface area (Å²) in [6, 6.07) is 1.98. The van der Waals surface area contributed by atoms with E-state index in [4.69, 9.17) is 5.73 Å². The molecule has 0 aromatic carbocycles. The van der Waals surface area contributed by atoms with E-state index in [1.165, 1.54) is 32.1 Å². The van der Waals surface area contributed by atoms with Gasteiger partial charge in [0, 0.05) is 24.5 Å². The van der Waals surface area contributed by atoms with Crippen LogP contribution < -0.4 is 11.1 Å². The number of hydrogen-bond acceptors (Lipinski definition) is 4. The first-order valence-corrected chi connectivity index (χ1v) is 7.36. The van der Waals surface area contributed by atoms with Crippen LogP contribution in [-0.4, -0.2) is 23.2 Å². The Labute approximate surface area is 115 Å². The number of aromatic nitrogens is 1. The molecule has 1 saturated carbocycles. The largest absolute Gasteiger partial charge is 0.388 e. The van der Waals surface area contributed by atoms with E-state index in [9.17, 15) is 5.11 Å². The van der Waals surface area contributed by atoms with Gasteiger partial charge in [0.1, 0.15) is 0 Å². The Hall–Kier alpha value is -1.13. The van der Waals surface area contributed by atoms with Gasteiger partial charge in [-0.15, -0.1) is 0 Å². The van der Waals surface area contributed by atoms with E-state index >= 15 is 0 Å². The Morgan fingerprint density at radius 2 is 2.11 bits per heavy atom. The van der Waals surface area contributed by atoms with E-state index in [0.29, 0.717) is 13.0 Å². The summed E-state index contributed by atoms with van der Waals surface area (Å²) in [6.07, 6.45) is 10.4. The normalized spacial score (nSPS) is 18.2. The van der Waals surface area contributed by atoms with E-state index < -0.39 is 6.10 Å². The first-order valence-electron chi connectivity index (χ1n) is 7.36. The van der Waals surface area contributed by atoms with Crippen molar-refractivity contribution < 1.29 is 5.11 Å². The molecule has 1 atom stereocenters. The van der Waals surface area contributed by atoms with Crippen LogP contribution in [0, 0.1) is 5.92 Å². The van der Waals surface area contributed by atoms with Crippen molar-refractivity contribution >= 4 is 5.69 Å². The van der Waals surface area contributed by atoms with Crippen LogP contribution in [0.25, 0.3) is 0 Å². The second-order valence-corrected chi connectivity index (χ2v) is 5.49. The number of hydrogen-bond donors (Lipinski definition) is 3. The maximum absolute atomic E-state index is 9.91. The van der Waals surface area contributed by atoms with Gasteiger partial charge in [-0.05, 0) is 37.8 Å². The molecule has 4 nitrogen and oxygen atoms in total. The maximum atomic E-state index is 9.91. The standard InChI is InChI=1S/C15H25N3O/c16-7-6-15(19)13-8-14(11-17-10-13)18-9-12-4-2-1-3-5-12/h8,10-12,15,18-19H,1-7,9,16H2. The Kier molecular flexibility index (Phi) is 5.61. The number of aliphatic hydroxyl groups excluding tert-OH is 1. The molecule has 1 aromatic rings. The summed E-state index contributed by atoms with van der Waals surface area (Å²) in [5, 5.41) is 13.4. The molecule has 0 bridgehead atoms. The van der Waals surface area contributed by atoms with Gasteiger partial charge in [0.05, 0.1) is 11.8 Å². The van der Waals surface area contributed by atoms with Gasteiger partial charge in [-0.25, -0.2) is 0 Å². The number of pyridine rings is 1. The van der Waals surface area contributed by atoms with Gasteiger partial charge in [-0.3, -0.25) is 4.98 Å². The summed E-state index contributed by atoms with van der Waals surface area (Å²) in [7, 11) is 0. The molecule has 0 spiro atoms. The minimum Gasteiger partial charge on any atom is -0.388 e. The molecule has 4 heteroatoms. The summed E-state index contributed by atoms with van der Waals surface area (Å²) in [4.78, 5) is 4.19. The first kappa shape index (κ1) is 14.3. The van der Waals surface area contributed by atoms with Gasteiger partial charge in [0.25, 0.3) is 0 Å². The third-order valence-electron chi connectivity index (χ3n) is 3.90. The molecule has 1 unspecified atom stereocenters. The summed E-state index contributed by atoms with van der Waals surface area (Å²) < 4.78 is 0. The lowest BCUT2D eigenvalue weighted by Crippen LogP contribution is -2.17. The second-order valence-electron chi connectivity index (χ2n) is 5.49. The monoisotopic (exact) mass is 263 g/mol. The minimum absolute atomic E-state index is 0.487. The van der Waals surface area contributed by atoms with E-state index in [-0.39, 0.29) is 0 Å². The fourth-order valence-electron chi connectivity index (χ4n) is 2.71. The van der Waals surface area contributed by atoms with Crippen molar-refractivity contribution in [1.82, 2.24) is 4.98 Å². The van der Waals surface area contributed by atoms with Crippen molar-refractivity contribution in [2.45, 2.75) is 44.6 Å². The summed E-state index contributed by atoms with van der Waals surface area (Å²) in [5.41, 5.74) is 7.31. The molecule has 2 rings (SSSR count). The average Bonchev–Trinajstić information content (AvgIpc) is 2.47. The number of nitrogens with zero attached hydrogens (tertiary/aromatic N) is 1. The Morgan fingerprint density at radius 3 is 2.84 bits per heavy atom. The molecular weight excluding hydrogens is 238 g/mol. The quantitative estimate of drug-likeness (QED) is 0.737. The minimum atomic E-state index is -0.506. The molecule has 1 fully saturated rings. The lowest BCUT2D eigenvalue weighted by Gasteiger charge is -2.22. The zero-order valence-corrected chi connectivity index (χ0v) is 11.5.